The number of anilines is 1. The Bertz CT molecular complexity index is 733. The molecular weight excluding hydrogens is 340 g/mol. The zero-order valence-corrected chi connectivity index (χ0v) is 16.1. The number of carbonyl (C=O) groups is 1. The van der Waals surface area contributed by atoms with Crippen LogP contribution in [0.15, 0.2) is 48.5 Å². The summed E-state index contributed by atoms with van der Waals surface area (Å²) in [5.74, 6) is 1.76. The molecule has 0 aromatic heterocycles. The van der Waals surface area contributed by atoms with Crippen molar-refractivity contribution in [3.05, 3.63) is 54.1 Å². The molecule has 1 aliphatic heterocycles. The fraction of sp³-hybridized carbons (Fsp3) is 0.409. The van der Waals surface area contributed by atoms with Crippen LogP contribution in [0.3, 0.4) is 0 Å². The molecule has 0 atom stereocenters. The van der Waals surface area contributed by atoms with Gasteiger partial charge in [-0.05, 0) is 60.9 Å². The minimum Gasteiger partial charge on any atom is -0.508 e. The van der Waals surface area contributed by atoms with Gasteiger partial charge in [-0.15, -0.1) is 0 Å². The first kappa shape index (κ1) is 19.1. The Morgan fingerprint density at radius 3 is 2.22 bits per heavy atom. The molecule has 3 rings (SSSR count). The molecule has 0 spiro atoms. The molecule has 2 aromatic rings. The van der Waals surface area contributed by atoms with Crippen LogP contribution in [0.4, 0.5) is 5.69 Å². The molecule has 0 aliphatic carbocycles. The highest BCUT2D eigenvalue weighted by atomic mass is 16.5. The number of hydrogen-bond donors (Lipinski definition) is 1. The summed E-state index contributed by atoms with van der Waals surface area (Å²) < 4.78 is 5.72. The molecule has 1 heterocycles. The van der Waals surface area contributed by atoms with Crippen molar-refractivity contribution in [1.29, 1.82) is 0 Å². The molecule has 0 radical (unpaired) electrons. The quantitative estimate of drug-likeness (QED) is 0.843. The summed E-state index contributed by atoms with van der Waals surface area (Å²) in [6.45, 7) is 7.99. The van der Waals surface area contributed by atoms with Crippen molar-refractivity contribution < 1.29 is 14.6 Å². The fourth-order valence-corrected chi connectivity index (χ4v) is 3.12. The van der Waals surface area contributed by atoms with Gasteiger partial charge >= 0.3 is 0 Å². The molecule has 2 aromatic carbocycles. The van der Waals surface area contributed by atoms with Crippen molar-refractivity contribution in [3.63, 3.8) is 0 Å². The predicted octanol–water partition coefficient (Wildman–Crippen LogP) is 3.78. The van der Waals surface area contributed by atoms with E-state index in [-0.39, 0.29) is 11.7 Å². The third kappa shape index (κ3) is 5.16. The van der Waals surface area contributed by atoms with E-state index < -0.39 is 0 Å². The van der Waals surface area contributed by atoms with Gasteiger partial charge in [0.1, 0.15) is 11.5 Å². The van der Waals surface area contributed by atoms with Crippen LogP contribution >= 0.6 is 0 Å². The number of phenols is 1. The Hall–Kier alpha value is -2.69. The smallest absolute Gasteiger partial charge is 0.253 e. The standard InChI is InChI=1S/C22H28N2O3/c1-17(2)11-16-27-21-9-3-18(4-10-21)22(26)24-14-12-23(13-15-24)19-5-7-20(25)8-6-19/h3-10,17,25H,11-16H2,1-2H3. The van der Waals surface area contributed by atoms with Gasteiger partial charge in [-0.25, -0.2) is 0 Å². The molecule has 5 nitrogen and oxygen atoms in total. The van der Waals surface area contributed by atoms with Gasteiger partial charge < -0.3 is 19.6 Å². The summed E-state index contributed by atoms with van der Waals surface area (Å²) in [6.07, 6.45) is 1.02. The maximum Gasteiger partial charge on any atom is 0.253 e. The van der Waals surface area contributed by atoms with E-state index in [1.165, 1.54) is 0 Å². The maximum atomic E-state index is 12.7. The first-order chi connectivity index (χ1) is 13.0. The zero-order chi connectivity index (χ0) is 19.2. The largest absolute Gasteiger partial charge is 0.508 e. The molecule has 144 valence electrons. The lowest BCUT2D eigenvalue weighted by molar-refractivity contribution is 0.0747. The van der Waals surface area contributed by atoms with Crippen LogP contribution in [0.5, 0.6) is 11.5 Å². The normalized spacial score (nSPS) is 14.5. The van der Waals surface area contributed by atoms with Crippen LogP contribution in [-0.2, 0) is 0 Å². The Morgan fingerprint density at radius 1 is 1.00 bits per heavy atom. The average molecular weight is 368 g/mol. The first-order valence-corrected chi connectivity index (χ1v) is 9.59. The molecule has 0 saturated carbocycles. The van der Waals surface area contributed by atoms with Crippen molar-refractivity contribution in [1.82, 2.24) is 4.90 Å². The van der Waals surface area contributed by atoms with Gasteiger partial charge in [0.15, 0.2) is 0 Å². The molecule has 1 N–H and O–H groups in total. The Balaban J connectivity index is 1.52. The minimum atomic E-state index is 0.0640. The predicted molar refractivity (Wildman–Crippen MR) is 108 cm³/mol. The lowest BCUT2D eigenvalue weighted by Crippen LogP contribution is -2.48. The molecular formula is C22H28N2O3. The van der Waals surface area contributed by atoms with Crippen LogP contribution in [0.25, 0.3) is 0 Å². The molecule has 5 heteroatoms. The number of benzene rings is 2. The summed E-state index contributed by atoms with van der Waals surface area (Å²) in [7, 11) is 0. The number of rotatable bonds is 6. The van der Waals surface area contributed by atoms with Crippen molar-refractivity contribution in [2.75, 3.05) is 37.7 Å². The maximum absolute atomic E-state index is 12.7. The van der Waals surface area contributed by atoms with Gasteiger partial charge in [0.25, 0.3) is 5.91 Å². The topological polar surface area (TPSA) is 53.0 Å². The number of carbonyl (C=O) groups excluding carboxylic acids is 1. The SMILES string of the molecule is CC(C)CCOc1ccc(C(=O)N2CCN(c3ccc(O)cc3)CC2)cc1. The fourth-order valence-electron chi connectivity index (χ4n) is 3.12. The van der Waals surface area contributed by atoms with E-state index in [0.29, 0.717) is 31.2 Å². The highest BCUT2D eigenvalue weighted by Gasteiger charge is 2.22. The van der Waals surface area contributed by atoms with Crippen LogP contribution < -0.4 is 9.64 Å². The zero-order valence-electron chi connectivity index (χ0n) is 16.1. The summed E-state index contributed by atoms with van der Waals surface area (Å²) in [5, 5.41) is 9.41. The second-order valence-electron chi connectivity index (χ2n) is 7.35. The monoisotopic (exact) mass is 368 g/mol. The molecule has 1 aliphatic rings. The van der Waals surface area contributed by atoms with Gasteiger partial charge in [-0.2, -0.15) is 0 Å². The molecule has 1 saturated heterocycles. The van der Waals surface area contributed by atoms with Crippen molar-refractivity contribution in [2.45, 2.75) is 20.3 Å². The van der Waals surface area contributed by atoms with E-state index in [9.17, 15) is 9.90 Å². The van der Waals surface area contributed by atoms with Crippen LogP contribution in [0.1, 0.15) is 30.6 Å². The number of nitrogens with zero attached hydrogens (tertiary/aromatic N) is 2. The second-order valence-corrected chi connectivity index (χ2v) is 7.35. The summed E-state index contributed by atoms with van der Waals surface area (Å²) in [5.41, 5.74) is 1.77. The Labute approximate surface area is 161 Å². The van der Waals surface area contributed by atoms with Gasteiger partial charge in [0.05, 0.1) is 6.61 Å². The molecule has 1 fully saturated rings. The highest BCUT2D eigenvalue weighted by Crippen LogP contribution is 2.21. The third-order valence-electron chi connectivity index (χ3n) is 4.85. The van der Waals surface area contributed by atoms with E-state index in [1.54, 1.807) is 12.1 Å². The number of phenolic OH excluding ortho intramolecular Hbond substituents is 1. The van der Waals surface area contributed by atoms with E-state index >= 15 is 0 Å². The highest BCUT2D eigenvalue weighted by molar-refractivity contribution is 5.94. The molecule has 27 heavy (non-hydrogen) atoms. The number of amides is 1. The lowest BCUT2D eigenvalue weighted by Gasteiger charge is -2.36. The van der Waals surface area contributed by atoms with Crippen molar-refractivity contribution in [3.8, 4) is 11.5 Å². The third-order valence-corrected chi connectivity index (χ3v) is 4.85. The summed E-state index contributed by atoms with van der Waals surface area (Å²) in [6, 6.07) is 14.6. The van der Waals surface area contributed by atoms with Crippen molar-refractivity contribution >= 4 is 11.6 Å². The Kier molecular flexibility index (Phi) is 6.22. The van der Waals surface area contributed by atoms with E-state index in [0.717, 1.165) is 30.9 Å². The van der Waals surface area contributed by atoms with E-state index in [2.05, 4.69) is 18.7 Å². The summed E-state index contributed by atoms with van der Waals surface area (Å²) >= 11 is 0. The average Bonchev–Trinajstić information content (AvgIpc) is 2.68. The number of aromatic hydroxyl groups is 1. The van der Waals surface area contributed by atoms with Gasteiger partial charge in [0.2, 0.25) is 0 Å². The first-order valence-electron chi connectivity index (χ1n) is 9.59. The van der Waals surface area contributed by atoms with Gasteiger partial charge in [-0.1, -0.05) is 13.8 Å². The minimum absolute atomic E-state index is 0.0640. The van der Waals surface area contributed by atoms with Gasteiger partial charge in [-0.3, -0.25) is 4.79 Å². The number of piperazine rings is 1. The van der Waals surface area contributed by atoms with Crippen LogP contribution in [0.2, 0.25) is 0 Å². The molecule has 0 bridgehead atoms. The molecule has 1 amide bonds. The van der Waals surface area contributed by atoms with Crippen LogP contribution in [-0.4, -0.2) is 48.7 Å². The van der Waals surface area contributed by atoms with Gasteiger partial charge in [0, 0.05) is 37.4 Å². The van der Waals surface area contributed by atoms with E-state index in [1.807, 2.05) is 41.3 Å². The second kappa shape index (κ2) is 8.80. The number of hydrogen-bond acceptors (Lipinski definition) is 4. The van der Waals surface area contributed by atoms with Crippen molar-refractivity contribution in [2.24, 2.45) is 5.92 Å². The van der Waals surface area contributed by atoms with E-state index in [4.69, 9.17) is 4.74 Å². The van der Waals surface area contributed by atoms with Crippen LogP contribution in [0, 0.1) is 5.92 Å². The molecule has 0 unspecified atom stereocenters. The number of ether oxygens (including phenoxy) is 1. The Morgan fingerprint density at radius 2 is 1.63 bits per heavy atom. The summed E-state index contributed by atoms with van der Waals surface area (Å²) in [4.78, 5) is 16.9. The lowest BCUT2D eigenvalue weighted by atomic mass is 10.1.